The summed E-state index contributed by atoms with van der Waals surface area (Å²) in [6.07, 6.45) is 5.15. The number of aryl methyl sites for hydroxylation is 1. The Hall–Kier alpha value is -1.43. The molecule has 0 aromatic carbocycles. The molecule has 6 heteroatoms. The maximum absolute atomic E-state index is 11.9. The molecule has 0 saturated heterocycles. The Bertz CT molecular complexity index is 375. The van der Waals surface area contributed by atoms with Crippen molar-refractivity contribution in [2.24, 2.45) is 18.7 Å². The number of hydrogen-bond acceptors (Lipinski definition) is 4. The van der Waals surface area contributed by atoms with Gasteiger partial charge in [0.2, 0.25) is 11.9 Å². The number of anilines is 1. The molecule has 1 aromatic rings. The van der Waals surface area contributed by atoms with Crippen LogP contribution in [0.4, 0.5) is 5.95 Å². The van der Waals surface area contributed by atoms with Gasteiger partial charge >= 0.3 is 0 Å². The van der Waals surface area contributed by atoms with Gasteiger partial charge in [0.25, 0.3) is 0 Å². The molecule has 1 heterocycles. The lowest BCUT2D eigenvalue weighted by molar-refractivity contribution is -0.121. The molecule has 0 bridgehead atoms. The number of nitrogens with zero attached hydrogens (tertiary/aromatic N) is 3. The first-order valence-corrected chi connectivity index (χ1v) is 5.57. The third-order valence-electron chi connectivity index (χ3n) is 3.03. The van der Waals surface area contributed by atoms with Crippen molar-refractivity contribution in [3.8, 4) is 0 Å². The van der Waals surface area contributed by atoms with E-state index in [-0.39, 0.29) is 17.9 Å². The number of carbonyl (C=O) groups is 1. The first-order valence-electron chi connectivity index (χ1n) is 5.57. The lowest BCUT2D eigenvalue weighted by Gasteiger charge is -2.25. The predicted octanol–water partition coefficient (Wildman–Crippen LogP) is 0.271. The molecular weight excluding hydrogens is 206 g/mol. The summed E-state index contributed by atoms with van der Waals surface area (Å²) in [6.45, 7) is 0. The molecule has 88 valence electrons. The van der Waals surface area contributed by atoms with Crippen molar-refractivity contribution in [2.45, 2.75) is 31.7 Å². The van der Waals surface area contributed by atoms with E-state index in [1.54, 1.807) is 11.7 Å². The first-order chi connectivity index (χ1) is 7.66. The van der Waals surface area contributed by atoms with Gasteiger partial charge in [-0.2, -0.15) is 10.1 Å². The van der Waals surface area contributed by atoms with Crippen LogP contribution in [-0.2, 0) is 11.8 Å². The highest BCUT2D eigenvalue weighted by Gasteiger charge is 2.25. The van der Waals surface area contributed by atoms with E-state index in [0.29, 0.717) is 5.95 Å². The molecule has 0 radical (unpaired) electrons. The molecule has 2 unspecified atom stereocenters. The summed E-state index contributed by atoms with van der Waals surface area (Å²) in [4.78, 5) is 15.9. The average Bonchev–Trinajstić information content (AvgIpc) is 2.64. The molecule has 3 N–H and O–H groups in total. The molecule has 6 nitrogen and oxygen atoms in total. The van der Waals surface area contributed by atoms with Gasteiger partial charge in [-0.05, 0) is 19.3 Å². The van der Waals surface area contributed by atoms with Gasteiger partial charge in [0.15, 0.2) is 0 Å². The SMILES string of the molecule is Cn1ncnc1NC(=O)C1CCCC(N)C1. The van der Waals surface area contributed by atoms with Crippen LogP contribution in [0.3, 0.4) is 0 Å². The second-order valence-corrected chi connectivity index (χ2v) is 4.32. The lowest BCUT2D eigenvalue weighted by Crippen LogP contribution is -2.34. The van der Waals surface area contributed by atoms with E-state index in [2.05, 4.69) is 15.4 Å². The van der Waals surface area contributed by atoms with Crippen LogP contribution >= 0.6 is 0 Å². The summed E-state index contributed by atoms with van der Waals surface area (Å²) in [6, 6.07) is 0.156. The van der Waals surface area contributed by atoms with E-state index in [9.17, 15) is 4.79 Å². The number of rotatable bonds is 2. The third-order valence-corrected chi connectivity index (χ3v) is 3.03. The molecule has 1 saturated carbocycles. The van der Waals surface area contributed by atoms with E-state index in [0.717, 1.165) is 25.7 Å². The number of hydrogen-bond donors (Lipinski definition) is 2. The summed E-state index contributed by atoms with van der Waals surface area (Å²) in [7, 11) is 1.75. The quantitative estimate of drug-likeness (QED) is 0.753. The topological polar surface area (TPSA) is 85.8 Å². The minimum Gasteiger partial charge on any atom is -0.328 e. The number of aromatic nitrogens is 3. The van der Waals surface area contributed by atoms with Crippen LogP contribution < -0.4 is 11.1 Å². The van der Waals surface area contributed by atoms with Crippen molar-refractivity contribution in [3.05, 3.63) is 6.33 Å². The van der Waals surface area contributed by atoms with Crippen LogP contribution in [0, 0.1) is 5.92 Å². The van der Waals surface area contributed by atoms with Gasteiger partial charge in [0.1, 0.15) is 6.33 Å². The maximum atomic E-state index is 11.9. The maximum Gasteiger partial charge on any atom is 0.229 e. The minimum atomic E-state index is 0.00579. The monoisotopic (exact) mass is 223 g/mol. The van der Waals surface area contributed by atoms with Crippen LogP contribution in [0.15, 0.2) is 6.33 Å². The minimum absolute atomic E-state index is 0.00579. The van der Waals surface area contributed by atoms with Gasteiger partial charge < -0.3 is 5.73 Å². The van der Waals surface area contributed by atoms with E-state index < -0.39 is 0 Å². The van der Waals surface area contributed by atoms with E-state index in [1.807, 2.05) is 0 Å². The van der Waals surface area contributed by atoms with Crippen molar-refractivity contribution in [3.63, 3.8) is 0 Å². The van der Waals surface area contributed by atoms with Crippen molar-refractivity contribution < 1.29 is 4.79 Å². The highest BCUT2D eigenvalue weighted by Crippen LogP contribution is 2.24. The first kappa shape index (κ1) is 11.1. The van der Waals surface area contributed by atoms with Crippen LogP contribution in [0.25, 0.3) is 0 Å². The molecule has 0 aliphatic heterocycles. The number of nitrogens with two attached hydrogens (primary N) is 1. The lowest BCUT2D eigenvalue weighted by atomic mass is 9.85. The zero-order valence-corrected chi connectivity index (χ0v) is 9.39. The fourth-order valence-corrected chi connectivity index (χ4v) is 2.09. The number of nitrogens with one attached hydrogen (secondary N) is 1. The number of amides is 1. The van der Waals surface area contributed by atoms with Gasteiger partial charge in [-0.25, -0.2) is 4.68 Å². The Morgan fingerprint density at radius 2 is 2.44 bits per heavy atom. The van der Waals surface area contributed by atoms with Gasteiger partial charge in [0.05, 0.1) is 0 Å². The fraction of sp³-hybridized carbons (Fsp3) is 0.700. The zero-order chi connectivity index (χ0) is 11.5. The van der Waals surface area contributed by atoms with Gasteiger partial charge in [-0.15, -0.1) is 0 Å². The second-order valence-electron chi connectivity index (χ2n) is 4.32. The molecule has 16 heavy (non-hydrogen) atoms. The summed E-state index contributed by atoms with van der Waals surface area (Å²) >= 11 is 0. The number of carbonyl (C=O) groups excluding carboxylic acids is 1. The Balaban J connectivity index is 1.95. The summed E-state index contributed by atoms with van der Waals surface area (Å²) in [5.41, 5.74) is 5.85. The average molecular weight is 223 g/mol. The molecule has 2 rings (SSSR count). The van der Waals surface area contributed by atoms with Gasteiger partial charge in [-0.1, -0.05) is 6.42 Å². The third kappa shape index (κ3) is 2.38. The Morgan fingerprint density at radius 1 is 1.62 bits per heavy atom. The fourth-order valence-electron chi connectivity index (χ4n) is 2.09. The highest BCUT2D eigenvalue weighted by molar-refractivity contribution is 5.91. The molecule has 1 aliphatic rings. The van der Waals surface area contributed by atoms with Crippen molar-refractivity contribution in [1.29, 1.82) is 0 Å². The summed E-state index contributed by atoms with van der Waals surface area (Å²) < 4.78 is 1.54. The second kappa shape index (κ2) is 4.61. The Labute approximate surface area is 94.2 Å². The Morgan fingerprint density at radius 3 is 3.06 bits per heavy atom. The van der Waals surface area contributed by atoms with Crippen LogP contribution in [0.2, 0.25) is 0 Å². The smallest absolute Gasteiger partial charge is 0.229 e. The normalized spacial score (nSPS) is 25.4. The molecule has 0 spiro atoms. The standard InChI is InChI=1S/C10H17N5O/c1-15-10(12-6-13-15)14-9(16)7-3-2-4-8(11)5-7/h6-8H,2-5,11H2,1H3,(H,12,13,14,16). The summed E-state index contributed by atoms with van der Waals surface area (Å²) in [5, 5.41) is 6.67. The summed E-state index contributed by atoms with van der Waals surface area (Å²) in [5.74, 6) is 0.510. The van der Waals surface area contributed by atoms with Crippen LogP contribution in [-0.4, -0.2) is 26.7 Å². The Kier molecular flexibility index (Phi) is 3.19. The predicted molar refractivity (Wildman–Crippen MR) is 59.6 cm³/mol. The zero-order valence-electron chi connectivity index (χ0n) is 9.39. The molecule has 1 aliphatic carbocycles. The molecular formula is C10H17N5O. The molecule has 1 amide bonds. The largest absolute Gasteiger partial charge is 0.328 e. The van der Waals surface area contributed by atoms with Crippen molar-refractivity contribution >= 4 is 11.9 Å². The van der Waals surface area contributed by atoms with E-state index >= 15 is 0 Å². The van der Waals surface area contributed by atoms with Crippen LogP contribution in [0.5, 0.6) is 0 Å². The molecule has 2 atom stereocenters. The van der Waals surface area contributed by atoms with Gasteiger partial charge in [0, 0.05) is 19.0 Å². The highest BCUT2D eigenvalue weighted by atomic mass is 16.2. The van der Waals surface area contributed by atoms with E-state index in [4.69, 9.17) is 5.73 Å². The molecule has 1 fully saturated rings. The van der Waals surface area contributed by atoms with E-state index in [1.165, 1.54) is 6.33 Å². The van der Waals surface area contributed by atoms with Crippen molar-refractivity contribution in [1.82, 2.24) is 14.8 Å². The molecule has 1 aromatic heterocycles. The van der Waals surface area contributed by atoms with Crippen LogP contribution in [0.1, 0.15) is 25.7 Å². The van der Waals surface area contributed by atoms with Crippen molar-refractivity contribution in [2.75, 3.05) is 5.32 Å². The van der Waals surface area contributed by atoms with Gasteiger partial charge in [-0.3, -0.25) is 10.1 Å².